The maximum absolute atomic E-state index is 10.7. The summed E-state index contributed by atoms with van der Waals surface area (Å²) in [6.07, 6.45) is 7.64. The van der Waals surface area contributed by atoms with Crippen molar-refractivity contribution >= 4 is 17.0 Å². The predicted octanol–water partition coefficient (Wildman–Crippen LogP) is 3.34. The van der Waals surface area contributed by atoms with Crippen molar-refractivity contribution in [2.24, 2.45) is 4.99 Å². The Kier molecular flexibility index (Phi) is 2.69. The van der Waals surface area contributed by atoms with Crippen LogP contribution < -0.4 is 0 Å². The molecule has 1 aromatic heterocycles. The smallest absolute Gasteiger partial charge is 0.235 e. The van der Waals surface area contributed by atoms with Gasteiger partial charge in [-0.3, -0.25) is 4.98 Å². The molecular weight excluding hydrogens is 224 g/mol. The lowest BCUT2D eigenvalue weighted by Gasteiger charge is -2.22. The fourth-order valence-electron chi connectivity index (χ4n) is 2.87. The van der Waals surface area contributed by atoms with Gasteiger partial charge in [-0.2, -0.15) is 4.99 Å². The third kappa shape index (κ3) is 1.73. The maximum atomic E-state index is 10.7. The van der Waals surface area contributed by atoms with Crippen LogP contribution in [0.1, 0.15) is 31.2 Å². The monoisotopic (exact) mass is 238 g/mol. The molecule has 0 bridgehead atoms. The van der Waals surface area contributed by atoms with Crippen molar-refractivity contribution in [3.63, 3.8) is 0 Å². The van der Waals surface area contributed by atoms with E-state index in [4.69, 9.17) is 0 Å². The van der Waals surface area contributed by atoms with Gasteiger partial charge in [-0.05, 0) is 30.5 Å². The first-order chi connectivity index (χ1) is 8.84. The van der Waals surface area contributed by atoms with Crippen LogP contribution in [-0.2, 0) is 10.3 Å². The highest BCUT2D eigenvalue weighted by Crippen LogP contribution is 2.42. The van der Waals surface area contributed by atoms with Gasteiger partial charge in [0.15, 0.2) is 0 Å². The summed E-state index contributed by atoms with van der Waals surface area (Å²) in [5, 5.41) is 1.12. The molecule has 0 unspecified atom stereocenters. The highest BCUT2D eigenvalue weighted by Gasteiger charge is 2.35. The van der Waals surface area contributed by atoms with E-state index >= 15 is 0 Å². The van der Waals surface area contributed by atoms with Crippen molar-refractivity contribution in [3.05, 3.63) is 42.1 Å². The Morgan fingerprint density at radius 2 is 2.06 bits per heavy atom. The van der Waals surface area contributed by atoms with Crippen LogP contribution in [-0.4, -0.2) is 11.1 Å². The van der Waals surface area contributed by atoms with Crippen molar-refractivity contribution in [1.29, 1.82) is 0 Å². The number of fused-ring (bicyclic) bond motifs is 1. The molecule has 2 aromatic rings. The highest BCUT2D eigenvalue weighted by molar-refractivity contribution is 5.79. The van der Waals surface area contributed by atoms with Crippen LogP contribution in [0.2, 0.25) is 0 Å². The van der Waals surface area contributed by atoms with Crippen LogP contribution >= 0.6 is 0 Å². The van der Waals surface area contributed by atoms with Crippen LogP contribution in [0, 0.1) is 0 Å². The first-order valence-electron chi connectivity index (χ1n) is 6.28. The molecule has 1 heterocycles. The third-order valence-corrected chi connectivity index (χ3v) is 3.83. The minimum atomic E-state index is -0.354. The molecule has 0 radical (unpaired) electrons. The van der Waals surface area contributed by atoms with Crippen LogP contribution in [0.3, 0.4) is 0 Å². The number of aliphatic imine (C=N–C) groups is 1. The zero-order valence-electron chi connectivity index (χ0n) is 10.1. The Labute approximate surface area is 106 Å². The minimum Gasteiger partial charge on any atom is -0.256 e. The number of hydrogen-bond acceptors (Lipinski definition) is 3. The van der Waals surface area contributed by atoms with Gasteiger partial charge >= 0.3 is 0 Å². The van der Waals surface area contributed by atoms with Gasteiger partial charge in [0.2, 0.25) is 6.08 Å². The van der Waals surface area contributed by atoms with E-state index in [2.05, 4.69) is 28.2 Å². The number of pyridine rings is 1. The van der Waals surface area contributed by atoms with Gasteiger partial charge in [-0.15, -0.1) is 0 Å². The summed E-state index contributed by atoms with van der Waals surface area (Å²) in [7, 11) is 0. The number of benzene rings is 1. The molecular formula is C15H14N2O. The van der Waals surface area contributed by atoms with Gasteiger partial charge < -0.3 is 0 Å². The van der Waals surface area contributed by atoms with Crippen molar-refractivity contribution in [2.75, 3.05) is 0 Å². The summed E-state index contributed by atoms with van der Waals surface area (Å²) in [5.41, 5.74) is 1.70. The molecule has 0 N–H and O–H groups in total. The van der Waals surface area contributed by atoms with E-state index in [1.54, 1.807) is 12.3 Å². The van der Waals surface area contributed by atoms with E-state index in [0.717, 1.165) is 42.1 Å². The number of isocyanates is 1. The average Bonchev–Trinajstić information content (AvgIpc) is 2.88. The first kappa shape index (κ1) is 11.1. The second-order valence-corrected chi connectivity index (χ2v) is 4.85. The molecule has 0 saturated heterocycles. The summed E-state index contributed by atoms with van der Waals surface area (Å²) >= 11 is 0. The molecule has 1 aromatic carbocycles. The topological polar surface area (TPSA) is 42.3 Å². The van der Waals surface area contributed by atoms with Gasteiger partial charge in [0.1, 0.15) is 0 Å². The minimum absolute atomic E-state index is 0.354. The summed E-state index contributed by atoms with van der Waals surface area (Å²) in [5.74, 6) is 0. The summed E-state index contributed by atoms with van der Waals surface area (Å²) in [6.45, 7) is 0. The lowest BCUT2D eigenvalue weighted by molar-refractivity contribution is 0.456. The number of aromatic nitrogens is 1. The molecule has 1 saturated carbocycles. The summed E-state index contributed by atoms with van der Waals surface area (Å²) in [4.78, 5) is 19.2. The Bertz CT molecular complexity index is 623. The molecule has 3 nitrogen and oxygen atoms in total. The molecule has 0 aliphatic heterocycles. The Morgan fingerprint density at radius 3 is 2.83 bits per heavy atom. The number of rotatable bonds is 2. The van der Waals surface area contributed by atoms with Gasteiger partial charge in [-0.1, -0.05) is 31.0 Å². The number of nitrogens with zero attached hydrogens (tertiary/aromatic N) is 2. The molecule has 3 heteroatoms. The summed E-state index contributed by atoms with van der Waals surface area (Å²) < 4.78 is 0. The fraction of sp³-hybridized carbons (Fsp3) is 0.333. The lowest BCUT2D eigenvalue weighted by atomic mass is 9.88. The lowest BCUT2D eigenvalue weighted by Crippen LogP contribution is -2.18. The average molecular weight is 238 g/mol. The predicted molar refractivity (Wildman–Crippen MR) is 70.0 cm³/mol. The van der Waals surface area contributed by atoms with E-state index in [1.165, 1.54) is 0 Å². The standard InChI is InChI=1S/C15H14N2O/c18-11-17-15(7-1-2-8-15)13-6-5-12-4-3-9-16-14(12)10-13/h3-6,9-10H,1-2,7-8H2. The van der Waals surface area contributed by atoms with E-state index in [0.29, 0.717) is 0 Å². The molecule has 3 rings (SSSR count). The molecule has 0 atom stereocenters. The van der Waals surface area contributed by atoms with Gasteiger partial charge in [0.25, 0.3) is 0 Å². The largest absolute Gasteiger partial charge is 0.256 e. The van der Waals surface area contributed by atoms with Crippen molar-refractivity contribution in [1.82, 2.24) is 4.98 Å². The first-order valence-corrected chi connectivity index (χ1v) is 6.28. The highest BCUT2D eigenvalue weighted by atomic mass is 16.1. The molecule has 1 fully saturated rings. The normalized spacial score (nSPS) is 17.6. The second kappa shape index (κ2) is 4.35. The van der Waals surface area contributed by atoms with Crippen LogP contribution in [0.5, 0.6) is 0 Å². The van der Waals surface area contributed by atoms with Crippen molar-refractivity contribution in [2.45, 2.75) is 31.2 Å². The van der Waals surface area contributed by atoms with E-state index in [9.17, 15) is 4.79 Å². The summed E-state index contributed by atoms with van der Waals surface area (Å²) in [6, 6.07) is 10.1. The van der Waals surface area contributed by atoms with Crippen molar-refractivity contribution in [3.8, 4) is 0 Å². The van der Waals surface area contributed by atoms with Gasteiger partial charge in [0.05, 0.1) is 11.1 Å². The Hall–Kier alpha value is -1.99. The molecule has 1 aliphatic carbocycles. The van der Waals surface area contributed by atoms with Gasteiger partial charge in [-0.25, -0.2) is 4.79 Å². The SMILES string of the molecule is O=C=NC1(c2ccc3cccnc3c2)CCCC1. The maximum Gasteiger partial charge on any atom is 0.235 e. The van der Waals surface area contributed by atoms with Gasteiger partial charge in [0, 0.05) is 11.6 Å². The zero-order valence-corrected chi connectivity index (χ0v) is 10.1. The van der Waals surface area contributed by atoms with E-state index in [-0.39, 0.29) is 5.54 Å². The van der Waals surface area contributed by atoms with Crippen LogP contribution in [0.4, 0.5) is 0 Å². The molecule has 0 spiro atoms. The Morgan fingerprint density at radius 1 is 1.22 bits per heavy atom. The quantitative estimate of drug-likeness (QED) is 0.594. The van der Waals surface area contributed by atoms with Crippen LogP contribution in [0.25, 0.3) is 10.9 Å². The molecule has 90 valence electrons. The third-order valence-electron chi connectivity index (χ3n) is 3.83. The van der Waals surface area contributed by atoms with E-state index in [1.807, 2.05) is 12.1 Å². The fourth-order valence-corrected chi connectivity index (χ4v) is 2.87. The second-order valence-electron chi connectivity index (χ2n) is 4.85. The molecule has 18 heavy (non-hydrogen) atoms. The Balaban J connectivity index is 2.15. The zero-order chi connectivity index (χ0) is 12.4. The van der Waals surface area contributed by atoms with E-state index < -0.39 is 0 Å². The number of carbonyl (C=O) groups excluding carboxylic acids is 1. The molecule has 1 aliphatic rings. The van der Waals surface area contributed by atoms with Crippen LogP contribution in [0.15, 0.2) is 41.5 Å². The van der Waals surface area contributed by atoms with Crippen molar-refractivity contribution < 1.29 is 4.79 Å². The number of hydrogen-bond donors (Lipinski definition) is 0. The molecule has 0 amide bonds.